The summed E-state index contributed by atoms with van der Waals surface area (Å²) in [5.74, 6) is -1.04. The van der Waals surface area contributed by atoms with Gasteiger partial charge in [-0.15, -0.1) is 0 Å². The zero-order valence-corrected chi connectivity index (χ0v) is 11.7. The number of hydrogen-bond acceptors (Lipinski definition) is 3. The van der Waals surface area contributed by atoms with Gasteiger partial charge in [0.25, 0.3) is 0 Å². The lowest BCUT2D eigenvalue weighted by Gasteiger charge is -2.10. The Morgan fingerprint density at radius 1 is 1.10 bits per heavy atom. The van der Waals surface area contributed by atoms with Gasteiger partial charge in [0.15, 0.2) is 0 Å². The van der Waals surface area contributed by atoms with Crippen LogP contribution in [-0.4, -0.2) is 22.1 Å². The first-order valence-electron chi connectivity index (χ1n) is 6.29. The molecule has 6 nitrogen and oxygen atoms in total. The van der Waals surface area contributed by atoms with Crippen molar-refractivity contribution < 1.29 is 14.7 Å². The lowest BCUT2D eigenvalue weighted by molar-refractivity contribution is 0.0697. The predicted octanol–water partition coefficient (Wildman–Crippen LogP) is 3.04. The number of carbonyl (C=O) groups is 2. The van der Waals surface area contributed by atoms with Crippen LogP contribution in [-0.2, 0) is 0 Å². The van der Waals surface area contributed by atoms with Crippen molar-refractivity contribution in [2.45, 2.75) is 13.8 Å². The molecular formula is C15H15N3O3. The molecule has 0 fully saturated rings. The fourth-order valence-corrected chi connectivity index (χ4v) is 1.80. The number of nitrogens with zero attached hydrogens (tertiary/aromatic N) is 1. The van der Waals surface area contributed by atoms with Gasteiger partial charge in [-0.25, -0.2) is 9.59 Å². The number of rotatable bonds is 3. The smallest absolute Gasteiger partial charge is 0.335 e. The zero-order valence-electron chi connectivity index (χ0n) is 11.7. The molecule has 2 amide bonds. The van der Waals surface area contributed by atoms with E-state index in [-0.39, 0.29) is 5.56 Å². The molecule has 0 saturated heterocycles. The van der Waals surface area contributed by atoms with E-state index in [1.807, 2.05) is 6.92 Å². The highest BCUT2D eigenvalue weighted by Crippen LogP contribution is 2.17. The van der Waals surface area contributed by atoms with Crippen molar-refractivity contribution in [1.29, 1.82) is 0 Å². The van der Waals surface area contributed by atoms with Gasteiger partial charge in [-0.05, 0) is 43.2 Å². The van der Waals surface area contributed by atoms with Crippen molar-refractivity contribution in [3.05, 3.63) is 53.3 Å². The van der Waals surface area contributed by atoms with Crippen LogP contribution < -0.4 is 10.6 Å². The first-order valence-corrected chi connectivity index (χ1v) is 6.29. The summed E-state index contributed by atoms with van der Waals surface area (Å²) in [6.45, 7) is 3.66. The Balaban J connectivity index is 2.12. The third-order valence-electron chi connectivity index (χ3n) is 2.87. The van der Waals surface area contributed by atoms with E-state index in [1.165, 1.54) is 18.3 Å². The molecule has 0 bridgehead atoms. The van der Waals surface area contributed by atoms with Gasteiger partial charge in [0.1, 0.15) is 0 Å². The molecule has 6 heteroatoms. The van der Waals surface area contributed by atoms with Crippen molar-refractivity contribution in [2.24, 2.45) is 0 Å². The quantitative estimate of drug-likeness (QED) is 0.808. The van der Waals surface area contributed by atoms with Crippen LogP contribution in [0.1, 0.15) is 21.5 Å². The van der Waals surface area contributed by atoms with E-state index in [2.05, 4.69) is 15.6 Å². The minimum Gasteiger partial charge on any atom is -0.478 e. The second-order valence-electron chi connectivity index (χ2n) is 4.66. The average Bonchev–Trinajstić information content (AvgIpc) is 2.41. The summed E-state index contributed by atoms with van der Waals surface area (Å²) in [4.78, 5) is 26.9. The third-order valence-corrected chi connectivity index (χ3v) is 2.87. The van der Waals surface area contributed by atoms with E-state index >= 15 is 0 Å². The van der Waals surface area contributed by atoms with E-state index < -0.39 is 12.0 Å². The van der Waals surface area contributed by atoms with Crippen molar-refractivity contribution in [3.8, 4) is 0 Å². The van der Waals surface area contributed by atoms with Gasteiger partial charge in [-0.2, -0.15) is 0 Å². The Morgan fingerprint density at radius 2 is 1.86 bits per heavy atom. The normalized spacial score (nSPS) is 10.0. The maximum absolute atomic E-state index is 11.9. The predicted molar refractivity (Wildman–Crippen MR) is 79.8 cm³/mol. The molecule has 108 valence electrons. The Labute approximate surface area is 121 Å². The van der Waals surface area contributed by atoms with E-state index in [0.717, 1.165) is 11.1 Å². The highest BCUT2D eigenvalue weighted by atomic mass is 16.4. The fraction of sp³-hybridized carbons (Fsp3) is 0.133. The van der Waals surface area contributed by atoms with Crippen LogP contribution >= 0.6 is 0 Å². The molecule has 0 aliphatic carbocycles. The fourth-order valence-electron chi connectivity index (χ4n) is 1.80. The summed E-state index contributed by atoms with van der Waals surface area (Å²) >= 11 is 0. The number of urea groups is 1. The number of benzene rings is 1. The molecular weight excluding hydrogens is 270 g/mol. The number of amides is 2. The Hall–Kier alpha value is -2.89. The molecule has 0 aliphatic rings. The second kappa shape index (κ2) is 6.04. The summed E-state index contributed by atoms with van der Waals surface area (Å²) in [5.41, 5.74) is 2.84. The maximum atomic E-state index is 11.9. The third kappa shape index (κ3) is 3.79. The molecule has 0 aliphatic heterocycles. The van der Waals surface area contributed by atoms with Gasteiger partial charge in [0, 0.05) is 11.9 Å². The Bertz CT molecular complexity index is 698. The van der Waals surface area contributed by atoms with Crippen LogP contribution in [0.5, 0.6) is 0 Å². The molecule has 0 radical (unpaired) electrons. The first kappa shape index (κ1) is 14.5. The molecule has 3 N–H and O–H groups in total. The van der Waals surface area contributed by atoms with Crippen LogP contribution in [0, 0.1) is 13.8 Å². The molecule has 0 saturated carbocycles. The van der Waals surface area contributed by atoms with Gasteiger partial charge < -0.3 is 15.7 Å². The second-order valence-corrected chi connectivity index (χ2v) is 4.66. The van der Waals surface area contributed by atoms with E-state index in [4.69, 9.17) is 5.11 Å². The van der Waals surface area contributed by atoms with Crippen LogP contribution in [0.2, 0.25) is 0 Å². The number of carboxylic acids is 1. The lowest BCUT2D eigenvalue weighted by Crippen LogP contribution is -2.20. The molecule has 0 unspecified atom stereocenters. The number of carboxylic acid groups (broad SMARTS) is 1. The molecule has 2 rings (SSSR count). The lowest BCUT2D eigenvalue weighted by atomic mass is 10.1. The molecule has 1 heterocycles. The minimum atomic E-state index is -1.04. The molecule has 0 spiro atoms. The number of pyridine rings is 1. The average molecular weight is 285 g/mol. The van der Waals surface area contributed by atoms with E-state index in [0.29, 0.717) is 11.4 Å². The number of aromatic nitrogens is 1. The summed E-state index contributed by atoms with van der Waals surface area (Å²) in [6.07, 6.45) is 3.22. The van der Waals surface area contributed by atoms with Gasteiger partial charge in [-0.1, -0.05) is 6.07 Å². The first-order chi connectivity index (χ1) is 9.95. The van der Waals surface area contributed by atoms with Crippen molar-refractivity contribution >= 4 is 23.4 Å². The van der Waals surface area contributed by atoms with Gasteiger partial charge >= 0.3 is 12.0 Å². The Kier molecular flexibility index (Phi) is 4.18. The SMILES string of the molecule is Cc1cncc(NC(=O)Nc2cc(C(=O)O)ccc2C)c1. The van der Waals surface area contributed by atoms with Gasteiger partial charge in [0.05, 0.1) is 17.4 Å². The summed E-state index contributed by atoms with van der Waals surface area (Å²) < 4.78 is 0. The van der Waals surface area contributed by atoms with Crippen LogP contribution in [0.15, 0.2) is 36.7 Å². The largest absolute Gasteiger partial charge is 0.478 e. The Morgan fingerprint density at radius 3 is 2.52 bits per heavy atom. The minimum absolute atomic E-state index is 0.119. The number of nitrogens with one attached hydrogen (secondary N) is 2. The van der Waals surface area contributed by atoms with E-state index in [9.17, 15) is 9.59 Å². The van der Waals surface area contributed by atoms with Crippen molar-refractivity contribution in [2.75, 3.05) is 10.6 Å². The summed E-state index contributed by atoms with van der Waals surface area (Å²) in [7, 11) is 0. The number of anilines is 2. The molecule has 2 aromatic rings. The van der Waals surface area contributed by atoms with Crippen molar-refractivity contribution in [1.82, 2.24) is 4.98 Å². The maximum Gasteiger partial charge on any atom is 0.335 e. The number of aromatic carboxylic acids is 1. The number of hydrogen-bond donors (Lipinski definition) is 3. The zero-order chi connectivity index (χ0) is 15.4. The van der Waals surface area contributed by atoms with Gasteiger partial charge in [-0.3, -0.25) is 4.98 Å². The molecule has 0 atom stereocenters. The standard InChI is InChI=1S/C15H15N3O3/c1-9-5-12(8-16-7-9)17-15(21)18-13-6-11(14(19)20)4-3-10(13)2/h3-8H,1-2H3,(H,19,20)(H2,17,18,21). The number of carbonyl (C=O) groups excluding carboxylic acids is 1. The highest BCUT2D eigenvalue weighted by molar-refractivity contribution is 6.01. The van der Waals surface area contributed by atoms with Crippen LogP contribution in [0.3, 0.4) is 0 Å². The van der Waals surface area contributed by atoms with Gasteiger partial charge in [0.2, 0.25) is 0 Å². The number of aryl methyl sites for hydroxylation is 2. The van der Waals surface area contributed by atoms with E-state index in [1.54, 1.807) is 25.3 Å². The summed E-state index contributed by atoms with van der Waals surface area (Å²) in [5, 5.41) is 14.2. The molecule has 1 aromatic carbocycles. The molecule has 21 heavy (non-hydrogen) atoms. The monoisotopic (exact) mass is 285 g/mol. The van der Waals surface area contributed by atoms with Crippen molar-refractivity contribution in [3.63, 3.8) is 0 Å². The van der Waals surface area contributed by atoms with Crippen LogP contribution in [0.25, 0.3) is 0 Å². The topological polar surface area (TPSA) is 91.3 Å². The highest BCUT2D eigenvalue weighted by Gasteiger charge is 2.09. The van der Waals surface area contributed by atoms with Crippen LogP contribution in [0.4, 0.5) is 16.2 Å². The molecule has 1 aromatic heterocycles. The summed E-state index contributed by atoms with van der Waals surface area (Å²) in [6, 6.07) is 5.89.